The van der Waals surface area contributed by atoms with Gasteiger partial charge in [-0.2, -0.15) is 8.42 Å². The molecule has 1 aliphatic heterocycles. The van der Waals surface area contributed by atoms with E-state index in [0.29, 0.717) is 17.2 Å². The van der Waals surface area contributed by atoms with Gasteiger partial charge in [-0.3, -0.25) is 0 Å². The van der Waals surface area contributed by atoms with Gasteiger partial charge in [-0.1, -0.05) is 13.8 Å². The van der Waals surface area contributed by atoms with Gasteiger partial charge in [-0.15, -0.1) is 8.80 Å². The molecular weight excluding hydrogens is 252 g/mol. The van der Waals surface area contributed by atoms with E-state index < -0.39 is 10.2 Å². The molecule has 1 aromatic carbocycles. The van der Waals surface area contributed by atoms with Gasteiger partial charge < -0.3 is 4.74 Å². The molecule has 96 valence electrons. The van der Waals surface area contributed by atoms with Crippen LogP contribution in [-0.4, -0.2) is 27.0 Å². The summed E-state index contributed by atoms with van der Waals surface area (Å²) in [6.07, 6.45) is 0. The second-order valence-corrected chi connectivity index (χ2v) is 5.51. The zero-order chi connectivity index (χ0) is 13.3. The van der Waals surface area contributed by atoms with Crippen molar-refractivity contribution in [3.8, 4) is 5.75 Å². The van der Waals surface area contributed by atoms with Crippen molar-refractivity contribution in [3.05, 3.63) is 29.8 Å². The van der Waals surface area contributed by atoms with Crippen molar-refractivity contribution in [2.24, 2.45) is 14.7 Å². The molecule has 0 bridgehead atoms. The quantitative estimate of drug-likeness (QED) is 0.838. The van der Waals surface area contributed by atoms with Gasteiger partial charge in [0, 0.05) is 5.56 Å². The highest BCUT2D eigenvalue weighted by molar-refractivity contribution is 7.89. The number of rotatable bonds is 3. The maximum absolute atomic E-state index is 11.5. The fourth-order valence-corrected chi connectivity index (χ4v) is 2.69. The van der Waals surface area contributed by atoms with Crippen LogP contribution in [0, 0.1) is 5.92 Å². The number of hydrogen-bond acceptors (Lipinski definition) is 3. The van der Waals surface area contributed by atoms with Crippen LogP contribution in [0.15, 0.2) is 33.1 Å². The molecular formula is C12H14N2O3S. The summed E-state index contributed by atoms with van der Waals surface area (Å²) < 4.78 is 35.3. The molecule has 0 radical (unpaired) electrons. The number of methoxy groups -OCH3 is 1. The van der Waals surface area contributed by atoms with Crippen LogP contribution in [0.2, 0.25) is 0 Å². The summed E-state index contributed by atoms with van der Waals surface area (Å²) in [6, 6.07) is 7.08. The molecule has 0 aromatic heterocycles. The van der Waals surface area contributed by atoms with E-state index in [1.807, 2.05) is 13.8 Å². The minimum atomic E-state index is -3.71. The fraction of sp³-hybridized carbons (Fsp3) is 0.333. The third-order valence-electron chi connectivity index (χ3n) is 2.57. The van der Waals surface area contributed by atoms with Gasteiger partial charge >= 0.3 is 10.2 Å². The van der Waals surface area contributed by atoms with E-state index in [1.54, 1.807) is 31.4 Å². The molecule has 0 unspecified atom stereocenters. The summed E-state index contributed by atoms with van der Waals surface area (Å²) in [5, 5.41) is 0. The lowest BCUT2D eigenvalue weighted by Gasteiger charge is -2.07. The Kier molecular flexibility index (Phi) is 3.21. The molecule has 0 fully saturated rings. The highest BCUT2D eigenvalue weighted by Crippen LogP contribution is 2.20. The van der Waals surface area contributed by atoms with Gasteiger partial charge in [-0.05, 0) is 30.2 Å². The summed E-state index contributed by atoms with van der Waals surface area (Å²) in [5.41, 5.74) is 1.65. The van der Waals surface area contributed by atoms with E-state index in [4.69, 9.17) is 4.74 Å². The molecule has 5 nitrogen and oxygen atoms in total. The lowest BCUT2D eigenvalue weighted by Crippen LogP contribution is -2.18. The van der Waals surface area contributed by atoms with E-state index in [1.165, 1.54) is 0 Å². The Balaban J connectivity index is 2.46. The van der Waals surface area contributed by atoms with Crippen LogP contribution in [-0.2, 0) is 10.2 Å². The van der Waals surface area contributed by atoms with E-state index in [0.717, 1.165) is 5.56 Å². The molecule has 0 spiro atoms. The van der Waals surface area contributed by atoms with Gasteiger partial charge in [-0.25, -0.2) is 0 Å². The molecule has 2 rings (SSSR count). The Hall–Kier alpha value is -1.69. The number of nitrogens with zero attached hydrogens (tertiary/aromatic N) is 2. The normalized spacial score (nSPS) is 17.6. The predicted octanol–water partition coefficient (Wildman–Crippen LogP) is 1.84. The van der Waals surface area contributed by atoms with E-state index in [2.05, 4.69) is 8.80 Å². The topological polar surface area (TPSA) is 68.1 Å². The largest absolute Gasteiger partial charge is 0.497 e. The average Bonchev–Trinajstić information content (AvgIpc) is 2.66. The maximum Gasteiger partial charge on any atom is 0.363 e. The van der Waals surface area contributed by atoms with Crippen LogP contribution < -0.4 is 4.74 Å². The van der Waals surface area contributed by atoms with Crippen LogP contribution in [0.4, 0.5) is 0 Å². The number of ether oxygens (including phenoxy) is 1. The first-order valence-corrected chi connectivity index (χ1v) is 6.92. The van der Waals surface area contributed by atoms with Crippen molar-refractivity contribution in [2.45, 2.75) is 13.8 Å². The van der Waals surface area contributed by atoms with Crippen LogP contribution >= 0.6 is 0 Å². The average molecular weight is 266 g/mol. The molecule has 0 saturated carbocycles. The van der Waals surface area contributed by atoms with Gasteiger partial charge in [0.25, 0.3) is 0 Å². The van der Waals surface area contributed by atoms with Crippen molar-refractivity contribution >= 4 is 21.6 Å². The Morgan fingerprint density at radius 1 is 1.11 bits per heavy atom. The van der Waals surface area contributed by atoms with Crippen LogP contribution in [0.3, 0.4) is 0 Å². The van der Waals surface area contributed by atoms with Gasteiger partial charge in [0.15, 0.2) is 0 Å². The highest BCUT2D eigenvalue weighted by Gasteiger charge is 2.27. The molecule has 1 aliphatic rings. The van der Waals surface area contributed by atoms with Gasteiger partial charge in [0.1, 0.15) is 11.5 Å². The second kappa shape index (κ2) is 4.53. The predicted molar refractivity (Wildman–Crippen MR) is 70.7 cm³/mol. The summed E-state index contributed by atoms with van der Waals surface area (Å²) in [4.78, 5) is 0. The Morgan fingerprint density at radius 3 is 2.22 bits per heavy atom. The standard InChI is InChI=1S/C12H14N2O3S/c1-8(2)11-12(14-18(15,16)13-11)9-4-6-10(17-3)7-5-9/h4-8H,1-3H3. The Bertz CT molecular complexity index is 613. The number of hydrogen-bond donors (Lipinski definition) is 0. The maximum atomic E-state index is 11.5. The highest BCUT2D eigenvalue weighted by atomic mass is 32.2. The molecule has 18 heavy (non-hydrogen) atoms. The summed E-state index contributed by atoms with van der Waals surface area (Å²) in [7, 11) is -2.13. The molecule has 0 amide bonds. The SMILES string of the molecule is COc1ccc(C2=NS(=O)(=O)N=C2C(C)C)cc1. The second-order valence-electron chi connectivity index (χ2n) is 4.25. The number of benzene rings is 1. The van der Waals surface area contributed by atoms with E-state index >= 15 is 0 Å². The van der Waals surface area contributed by atoms with Crippen molar-refractivity contribution in [1.29, 1.82) is 0 Å². The fourth-order valence-electron chi connectivity index (χ4n) is 1.68. The smallest absolute Gasteiger partial charge is 0.363 e. The van der Waals surface area contributed by atoms with Crippen LogP contribution in [0.5, 0.6) is 5.75 Å². The Labute approximate surface area is 106 Å². The molecule has 1 heterocycles. The first-order valence-electron chi connectivity index (χ1n) is 5.52. The van der Waals surface area contributed by atoms with E-state index in [-0.39, 0.29) is 5.92 Å². The molecule has 0 aliphatic carbocycles. The molecule has 1 aromatic rings. The van der Waals surface area contributed by atoms with Crippen molar-refractivity contribution in [2.75, 3.05) is 7.11 Å². The third kappa shape index (κ3) is 2.43. The minimum Gasteiger partial charge on any atom is -0.497 e. The first-order chi connectivity index (χ1) is 8.43. The molecule has 0 N–H and O–H groups in total. The van der Waals surface area contributed by atoms with Crippen LogP contribution in [0.1, 0.15) is 19.4 Å². The first kappa shape index (κ1) is 12.8. The van der Waals surface area contributed by atoms with Crippen LogP contribution in [0.25, 0.3) is 0 Å². The summed E-state index contributed by atoms with van der Waals surface area (Å²) in [6.45, 7) is 3.78. The van der Waals surface area contributed by atoms with Gasteiger partial charge in [0.2, 0.25) is 0 Å². The third-order valence-corrected chi connectivity index (χ3v) is 3.41. The lowest BCUT2D eigenvalue weighted by molar-refractivity contribution is 0.415. The molecule has 6 heteroatoms. The zero-order valence-electron chi connectivity index (χ0n) is 10.4. The molecule has 0 saturated heterocycles. The van der Waals surface area contributed by atoms with Crippen molar-refractivity contribution in [1.82, 2.24) is 0 Å². The zero-order valence-corrected chi connectivity index (χ0v) is 11.2. The monoisotopic (exact) mass is 266 g/mol. The lowest BCUT2D eigenvalue weighted by atomic mass is 9.98. The van der Waals surface area contributed by atoms with Gasteiger partial charge in [0.05, 0.1) is 12.8 Å². The van der Waals surface area contributed by atoms with Crippen molar-refractivity contribution < 1.29 is 13.2 Å². The Morgan fingerprint density at radius 2 is 1.72 bits per heavy atom. The molecule has 0 atom stereocenters. The summed E-state index contributed by atoms with van der Waals surface area (Å²) in [5.74, 6) is 0.714. The minimum absolute atomic E-state index is 0.00290. The van der Waals surface area contributed by atoms with Crippen molar-refractivity contribution in [3.63, 3.8) is 0 Å². The van der Waals surface area contributed by atoms with E-state index in [9.17, 15) is 8.42 Å². The summed E-state index contributed by atoms with van der Waals surface area (Å²) >= 11 is 0.